The van der Waals surface area contributed by atoms with Crippen molar-refractivity contribution < 1.29 is 28.9 Å². The molecule has 0 spiro atoms. The summed E-state index contributed by atoms with van der Waals surface area (Å²) in [4.78, 5) is 41.3. The maximum atomic E-state index is 11.5. The van der Waals surface area contributed by atoms with Crippen molar-refractivity contribution in [3.05, 3.63) is 55.6 Å². The average Bonchev–Trinajstić information content (AvgIpc) is 2.53. The number of benzene rings is 1. The number of rotatable bonds is 4. The third-order valence-corrected chi connectivity index (χ3v) is 1.90. The summed E-state index contributed by atoms with van der Waals surface area (Å²) in [5, 5.41) is 0. The molecule has 1 aromatic carbocycles. The molecule has 122 valence electrons. The first-order chi connectivity index (χ1) is 9.58. The van der Waals surface area contributed by atoms with Gasteiger partial charge in [0.15, 0.2) is 0 Å². The summed E-state index contributed by atoms with van der Waals surface area (Å²) in [7, 11) is 1.47. The summed E-state index contributed by atoms with van der Waals surface area (Å²) in [6.07, 6.45) is 0.797. The van der Waals surface area contributed by atoms with Gasteiger partial charge >= 0.3 is 11.9 Å². The van der Waals surface area contributed by atoms with Crippen LogP contribution in [0.15, 0.2) is 50.1 Å². The molecule has 1 aromatic rings. The van der Waals surface area contributed by atoms with Crippen LogP contribution in [0.25, 0.3) is 0 Å². The second-order valence-electron chi connectivity index (χ2n) is 3.03. The molecule has 0 unspecified atom stereocenters. The van der Waals surface area contributed by atoms with E-state index in [-0.39, 0.29) is 20.4 Å². The predicted molar refractivity (Wildman–Crippen MR) is 84.4 cm³/mol. The Morgan fingerprint density at radius 3 is 1.91 bits per heavy atom. The summed E-state index contributed by atoms with van der Waals surface area (Å²) in [6.45, 7) is 9.10. The maximum absolute atomic E-state index is 11.5. The highest BCUT2D eigenvalue weighted by molar-refractivity contribution is 6.40. The van der Waals surface area contributed by atoms with Gasteiger partial charge in [-0.3, -0.25) is 4.79 Å². The van der Waals surface area contributed by atoms with Crippen molar-refractivity contribution >= 4 is 17.7 Å². The molecule has 0 saturated carbocycles. The molecule has 0 radical (unpaired) electrons. The summed E-state index contributed by atoms with van der Waals surface area (Å²) in [5.74, 6) is -2.66. The first-order valence-electron chi connectivity index (χ1n) is 5.32. The van der Waals surface area contributed by atoms with Gasteiger partial charge in [-0.2, -0.15) is 0 Å². The molecule has 0 bridgehead atoms. The Morgan fingerprint density at radius 1 is 1.00 bits per heavy atom. The quantitative estimate of drug-likeness (QED) is 0.212. The lowest BCUT2D eigenvalue weighted by atomic mass is 10.1. The lowest BCUT2D eigenvalue weighted by Gasteiger charge is -2.02. The number of hydrogen-bond donors (Lipinski definition) is 0. The van der Waals surface area contributed by atoms with Gasteiger partial charge in [0.05, 0.1) is 7.11 Å². The Kier molecular flexibility index (Phi) is 14.4. The van der Waals surface area contributed by atoms with E-state index in [1.165, 1.54) is 31.4 Å². The van der Waals surface area contributed by atoms with Crippen molar-refractivity contribution in [3.8, 4) is 5.75 Å². The van der Waals surface area contributed by atoms with Crippen molar-refractivity contribution in [2.45, 2.75) is 14.9 Å². The van der Waals surface area contributed by atoms with Gasteiger partial charge in [0.2, 0.25) is 0 Å². The van der Waals surface area contributed by atoms with Crippen LogP contribution in [0.4, 0.5) is 0 Å². The van der Waals surface area contributed by atoms with Gasteiger partial charge in [0, 0.05) is 11.6 Å². The van der Waals surface area contributed by atoms with E-state index in [9.17, 15) is 14.4 Å². The van der Waals surface area contributed by atoms with Crippen molar-refractivity contribution in [1.29, 1.82) is 0 Å². The molecule has 0 atom stereocenters. The van der Waals surface area contributed by atoms with E-state index in [0.717, 1.165) is 6.08 Å². The molecule has 0 aliphatic carbocycles. The molecule has 0 aliphatic heterocycles. The Bertz CT molecular complexity index is 490. The molecule has 1 rings (SSSR count). The van der Waals surface area contributed by atoms with Crippen LogP contribution in [0.5, 0.6) is 5.75 Å². The highest BCUT2D eigenvalue weighted by atomic mass is 17.2. The Morgan fingerprint density at radius 2 is 1.50 bits per heavy atom. The third-order valence-electron chi connectivity index (χ3n) is 1.90. The maximum Gasteiger partial charge on any atom is 0.426 e. The topological polar surface area (TPSA) is 78.9 Å². The van der Waals surface area contributed by atoms with Crippen LogP contribution < -0.4 is 4.74 Å². The van der Waals surface area contributed by atoms with Gasteiger partial charge in [-0.25, -0.2) is 19.4 Å². The summed E-state index contributed by atoms with van der Waals surface area (Å²) < 4.78 is 4.90. The van der Waals surface area contributed by atoms with E-state index >= 15 is 0 Å². The van der Waals surface area contributed by atoms with Crippen LogP contribution in [0.2, 0.25) is 0 Å². The van der Waals surface area contributed by atoms with E-state index < -0.39 is 17.7 Å². The second kappa shape index (κ2) is 13.1. The van der Waals surface area contributed by atoms with Gasteiger partial charge in [0.25, 0.3) is 5.78 Å². The minimum absolute atomic E-state index is 0. The number of ether oxygens (including phenoxy) is 1. The lowest BCUT2D eigenvalue weighted by molar-refractivity contribution is -0.249. The molecule has 0 aliphatic rings. The first-order valence-corrected chi connectivity index (χ1v) is 5.32. The summed E-state index contributed by atoms with van der Waals surface area (Å²) >= 11 is 0. The number of methoxy groups -OCH3 is 1. The largest absolute Gasteiger partial charge is 0.497 e. The van der Waals surface area contributed by atoms with Gasteiger partial charge in [-0.15, -0.1) is 13.2 Å². The van der Waals surface area contributed by atoms with E-state index in [1.807, 2.05) is 0 Å². The number of carbonyl (C=O) groups is 3. The molecule has 0 saturated heterocycles. The number of Topliss-reactive ketones (excluding diaryl/α,β-unsaturated/α-hetero) is 1. The van der Waals surface area contributed by atoms with Crippen molar-refractivity contribution in [2.24, 2.45) is 0 Å². The van der Waals surface area contributed by atoms with Gasteiger partial charge < -0.3 is 4.74 Å². The van der Waals surface area contributed by atoms with Crippen molar-refractivity contribution in [3.63, 3.8) is 0 Å². The Balaban J connectivity index is -0.000000864. The molecule has 6 heteroatoms. The summed E-state index contributed by atoms with van der Waals surface area (Å²) in [5.41, 5.74) is 0.0930. The zero-order valence-electron chi connectivity index (χ0n) is 11.0. The second-order valence-corrected chi connectivity index (χ2v) is 3.03. The number of hydrogen-bond acceptors (Lipinski definition) is 6. The first kappa shape index (κ1) is 24.1. The van der Waals surface area contributed by atoms with Crippen LogP contribution in [-0.2, 0) is 19.4 Å². The van der Waals surface area contributed by atoms with E-state index in [4.69, 9.17) is 4.74 Å². The molecule has 0 heterocycles. The molecule has 0 N–H and O–H groups in total. The zero-order valence-corrected chi connectivity index (χ0v) is 11.0. The fourth-order valence-corrected chi connectivity index (χ4v) is 1.01. The molecular formula is C16H22O6. The highest BCUT2D eigenvalue weighted by Gasteiger charge is 2.20. The molecule has 0 aromatic heterocycles. The molecule has 22 heavy (non-hydrogen) atoms. The van der Waals surface area contributed by atoms with Crippen LogP contribution in [0.1, 0.15) is 25.2 Å². The fraction of sp³-hybridized carbons (Fsp3) is 0.188. The smallest absolute Gasteiger partial charge is 0.426 e. The van der Waals surface area contributed by atoms with E-state index in [0.29, 0.717) is 5.75 Å². The van der Waals surface area contributed by atoms with Crippen LogP contribution in [0.3, 0.4) is 0 Å². The van der Waals surface area contributed by atoms with Crippen molar-refractivity contribution in [2.75, 3.05) is 7.11 Å². The number of carbonyl (C=O) groups excluding carboxylic acids is 3. The lowest BCUT2D eigenvalue weighted by Crippen LogP contribution is -2.19. The van der Waals surface area contributed by atoms with Gasteiger partial charge in [-0.1, -0.05) is 21.4 Å². The Labute approximate surface area is 130 Å². The SMILES string of the molecule is C.C.C=C.C=CC(=O)OOC(=O)C(=O)c1ccc(OC)cc1. The molecule has 0 fully saturated rings. The Hall–Kier alpha value is -2.89. The van der Waals surface area contributed by atoms with Gasteiger partial charge in [0.1, 0.15) is 5.75 Å². The number of ketones is 1. The standard InChI is InChI=1S/C12H10O6.C2H4.2CH4/c1-3-10(13)17-18-12(15)11(14)8-4-6-9(16-2)7-5-8;1-2;;/h3-7H,1H2,2H3;1-2H2;2*1H4. The van der Waals surface area contributed by atoms with E-state index in [1.54, 1.807) is 0 Å². The molecule has 0 amide bonds. The average molecular weight is 310 g/mol. The third kappa shape index (κ3) is 7.64. The fourth-order valence-electron chi connectivity index (χ4n) is 1.01. The highest BCUT2D eigenvalue weighted by Crippen LogP contribution is 2.12. The minimum atomic E-state index is -1.30. The summed E-state index contributed by atoms with van der Waals surface area (Å²) in [6, 6.07) is 5.79. The van der Waals surface area contributed by atoms with Crippen LogP contribution in [-0.4, -0.2) is 24.8 Å². The van der Waals surface area contributed by atoms with Crippen LogP contribution >= 0.6 is 0 Å². The molecule has 6 nitrogen and oxygen atoms in total. The monoisotopic (exact) mass is 310 g/mol. The minimum Gasteiger partial charge on any atom is -0.497 e. The van der Waals surface area contributed by atoms with Crippen molar-refractivity contribution in [1.82, 2.24) is 0 Å². The van der Waals surface area contributed by atoms with Crippen LogP contribution in [0, 0.1) is 0 Å². The van der Waals surface area contributed by atoms with E-state index in [2.05, 4.69) is 29.5 Å². The normalized spacial score (nSPS) is 7.68. The predicted octanol–water partition coefficient (Wildman–Crippen LogP) is 3.14. The zero-order chi connectivity index (χ0) is 15.5. The molecular weight excluding hydrogens is 288 g/mol. The van der Waals surface area contributed by atoms with Gasteiger partial charge in [-0.05, 0) is 24.3 Å².